The number of hydrogen-bond acceptors (Lipinski definition) is 5. The van der Waals surface area contributed by atoms with E-state index >= 15 is 0 Å². The Kier molecular flexibility index (Phi) is 5.99. The highest BCUT2D eigenvalue weighted by molar-refractivity contribution is 5.87. The lowest BCUT2D eigenvalue weighted by atomic mass is 10.1. The van der Waals surface area contributed by atoms with E-state index in [0.29, 0.717) is 30.0 Å². The molecule has 1 amide bonds. The van der Waals surface area contributed by atoms with Gasteiger partial charge in [-0.3, -0.25) is 5.32 Å². The van der Waals surface area contributed by atoms with Crippen molar-refractivity contribution in [1.29, 1.82) is 0 Å². The maximum Gasteiger partial charge on any atom is 0.412 e. The van der Waals surface area contributed by atoms with Crippen LogP contribution in [0, 0.1) is 0 Å². The zero-order chi connectivity index (χ0) is 16.0. The van der Waals surface area contributed by atoms with Gasteiger partial charge >= 0.3 is 6.09 Å². The van der Waals surface area contributed by atoms with Gasteiger partial charge in [0.1, 0.15) is 11.4 Å². The standard InChI is InChI=1S/C15H24N2O4/c1-15(2,3)21-14(19)17-11-6-5-10(9-13(11)20-4)12(18)7-8-16/h5-6,9,12,18H,7-8,16H2,1-4H3,(H,17,19)/t12-/m0/s1. The maximum atomic E-state index is 11.8. The average Bonchev–Trinajstić information content (AvgIpc) is 2.37. The normalized spacial score (nSPS) is 12.7. The molecule has 4 N–H and O–H groups in total. The second-order valence-corrected chi connectivity index (χ2v) is 5.68. The fourth-order valence-electron chi connectivity index (χ4n) is 1.76. The molecule has 0 fully saturated rings. The summed E-state index contributed by atoms with van der Waals surface area (Å²) in [6.07, 6.45) is -0.752. The number of nitrogens with two attached hydrogens (primary N) is 1. The van der Waals surface area contributed by atoms with Crippen molar-refractivity contribution in [2.24, 2.45) is 5.73 Å². The Morgan fingerprint density at radius 3 is 2.62 bits per heavy atom. The fourth-order valence-corrected chi connectivity index (χ4v) is 1.76. The van der Waals surface area contributed by atoms with Crippen LogP contribution < -0.4 is 15.8 Å². The molecule has 1 rings (SSSR count). The summed E-state index contributed by atoms with van der Waals surface area (Å²) in [7, 11) is 1.49. The summed E-state index contributed by atoms with van der Waals surface area (Å²) in [6.45, 7) is 5.75. The van der Waals surface area contributed by atoms with E-state index in [9.17, 15) is 9.90 Å². The molecule has 0 aliphatic carbocycles. The van der Waals surface area contributed by atoms with Crippen molar-refractivity contribution < 1.29 is 19.4 Å². The predicted octanol–water partition coefficient (Wildman–Crippen LogP) is 2.42. The first-order valence-electron chi connectivity index (χ1n) is 6.83. The average molecular weight is 296 g/mol. The monoisotopic (exact) mass is 296 g/mol. The Labute approximate surface area is 125 Å². The molecule has 1 aromatic rings. The quantitative estimate of drug-likeness (QED) is 0.776. The molecule has 0 bridgehead atoms. The predicted molar refractivity (Wildman–Crippen MR) is 81.5 cm³/mol. The van der Waals surface area contributed by atoms with E-state index in [0.717, 1.165) is 0 Å². The highest BCUT2D eigenvalue weighted by Gasteiger charge is 2.18. The van der Waals surface area contributed by atoms with E-state index in [-0.39, 0.29) is 0 Å². The largest absolute Gasteiger partial charge is 0.495 e. The van der Waals surface area contributed by atoms with E-state index < -0.39 is 17.8 Å². The van der Waals surface area contributed by atoms with Crippen molar-refractivity contribution in [2.45, 2.75) is 38.9 Å². The van der Waals surface area contributed by atoms with Crippen molar-refractivity contribution >= 4 is 11.8 Å². The van der Waals surface area contributed by atoms with Gasteiger partial charge in [0.2, 0.25) is 0 Å². The number of anilines is 1. The van der Waals surface area contributed by atoms with Gasteiger partial charge in [0.25, 0.3) is 0 Å². The van der Waals surface area contributed by atoms with Crippen LogP contribution >= 0.6 is 0 Å². The first-order chi connectivity index (χ1) is 9.76. The number of carbonyl (C=O) groups is 1. The molecule has 0 spiro atoms. The molecule has 0 aliphatic heterocycles. The minimum Gasteiger partial charge on any atom is -0.495 e. The van der Waals surface area contributed by atoms with Crippen LogP contribution in [0.1, 0.15) is 38.9 Å². The number of amides is 1. The van der Waals surface area contributed by atoms with Crippen molar-refractivity contribution in [2.75, 3.05) is 19.0 Å². The van der Waals surface area contributed by atoms with Crippen LogP contribution in [0.2, 0.25) is 0 Å². The van der Waals surface area contributed by atoms with Crippen LogP contribution in [0.15, 0.2) is 18.2 Å². The second-order valence-electron chi connectivity index (χ2n) is 5.68. The zero-order valence-electron chi connectivity index (χ0n) is 13.0. The van der Waals surface area contributed by atoms with Gasteiger partial charge < -0.3 is 20.3 Å². The topological polar surface area (TPSA) is 93.8 Å². The summed E-state index contributed by atoms with van der Waals surface area (Å²) >= 11 is 0. The summed E-state index contributed by atoms with van der Waals surface area (Å²) in [5.74, 6) is 0.453. The lowest BCUT2D eigenvalue weighted by Crippen LogP contribution is -2.27. The van der Waals surface area contributed by atoms with Crippen LogP contribution in [0.5, 0.6) is 5.75 Å². The van der Waals surface area contributed by atoms with Gasteiger partial charge in [-0.15, -0.1) is 0 Å². The lowest BCUT2D eigenvalue weighted by molar-refractivity contribution is 0.0635. The summed E-state index contributed by atoms with van der Waals surface area (Å²) in [5, 5.41) is 12.5. The third-order valence-corrected chi connectivity index (χ3v) is 2.69. The van der Waals surface area contributed by atoms with Gasteiger partial charge in [0.15, 0.2) is 0 Å². The fraction of sp³-hybridized carbons (Fsp3) is 0.533. The van der Waals surface area contributed by atoms with E-state index in [1.54, 1.807) is 39.0 Å². The Hall–Kier alpha value is -1.79. The molecule has 0 aliphatic rings. The van der Waals surface area contributed by atoms with Crippen LogP contribution in [0.25, 0.3) is 0 Å². The molecular weight excluding hydrogens is 272 g/mol. The van der Waals surface area contributed by atoms with E-state index in [1.807, 2.05) is 0 Å². The van der Waals surface area contributed by atoms with Gasteiger partial charge in [-0.1, -0.05) is 6.07 Å². The number of aliphatic hydroxyl groups is 1. The lowest BCUT2D eigenvalue weighted by Gasteiger charge is -2.20. The van der Waals surface area contributed by atoms with E-state index in [1.165, 1.54) is 7.11 Å². The number of nitrogens with one attached hydrogen (secondary N) is 1. The number of ether oxygens (including phenoxy) is 2. The third kappa shape index (κ3) is 5.61. The molecule has 0 heterocycles. The minimum absolute atomic E-state index is 0.390. The molecule has 21 heavy (non-hydrogen) atoms. The van der Waals surface area contributed by atoms with Gasteiger partial charge in [0, 0.05) is 0 Å². The molecule has 0 unspecified atom stereocenters. The number of rotatable bonds is 5. The summed E-state index contributed by atoms with van der Waals surface area (Å²) in [4.78, 5) is 11.8. The molecular formula is C15H24N2O4. The van der Waals surface area contributed by atoms with Gasteiger partial charge in [-0.05, 0) is 51.4 Å². The van der Waals surface area contributed by atoms with Gasteiger partial charge in [-0.2, -0.15) is 0 Å². The molecule has 1 atom stereocenters. The Morgan fingerprint density at radius 2 is 2.10 bits per heavy atom. The summed E-state index contributed by atoms with van der Waals surface area (Å²) in [6, 6.07) is 5.06. The molecule has 0 radical (unpaired) electrons. The molecule has 6 nitrogen and oxygen atoms in total. The molecule has 0 saturated carbocycles. The van der Waals surface area contributed by atoms with Crippen LogP contribution in [-0.2, 0) is 4.74 Å². The highest BCUT2D eigenvalue weighted by Crippen LogP contribution is 2.29. The molecule has 0 aromatic heterocycles. The zero-order valence-corrected chi connectivity index (χ0v) is 13.0. The van der Waals surface area contributed by atoms with Gasteiger partial charge in [0.05, 0.1) is 18.9 Å². The van der Waals surface area contributed by atoms with Crippen LogP contribution in [-0.4, -0.2) is 30.5 Å². The number of benzene rings is 1. The highest BCUT2D eigenvalue weighted by atomic mass is 16.6. The summed E-state index contributed by atoms with van der Waals surface area (Å²) < 4.78 is 10.4. The Bertz CT molecular complexity index is 483. The molecule has 1 aromatic carbocycles. The van der Waals surface area contributed by atoms with Crippen LogP contribution in [0.4, 0.5) is 10.5 Å². The second kappa shape index (κ2) is 7.28. The Morgan fingerprint density at radius 1 is 1.43 bits per heavy atom. The van der Waals surface area contributed by atoms with E-state index in [2.05, 4.69) is 5.32 Å². The molecule has 6 heteroatoms. The van der Waals surface area contributed by atoms with Crippen molar-refractivity contribution in [3.05, 3.63) is 23.8 Å². The Balaban J connectivity index is 2.86. The van der Waals surface area contributed by atoms with Crippen molar-refractivity contribution in [3.63, 3.8) is 0 Å². The van der Waals surface area contributed by atoms with Crippen molar-refractivity contribution in [1.82, 2.24) is 0 Å². The third-order valence-electron chi connectivity index (χ3n) is 2.69. The number of carbonyl (C=O) groups excluding carboxylic acids is 1. The first kappa shape index (κ1) is 17.3. The van der Waals surface area contributed by atoms with Gasteiger partial charge in [-0.25, -0.2) is 4.79 Å². The van der Waals surface area contributed by atoms with E-state index in [4.69, 9.17) is 15.2 Å². The van der Waals surface area contributed by atoms with Crippen LogP contribution in [0.3, 0.4) is 0 Å². The maximum absolute atomic E-state index is 11.8. The number of aliphatic hydroxyl groups excluding tert-OH is 1. The SMILES string of the molecule is COc1cc([C@@H](O)CCN)ccc1NC(=O)OC(C)(C)C. The first-order valence-corrected chi connectivity index (χ1v) is 6.83. The number of hydrogen-bond donors (Lipinski definition) is 3. The smallest absolute Gasteiger partial charge is 0.412 e. The number of methoxy groups -OCH3 is 1. The van der Waals surface area contributed by atoms with Crippen molar-refractivity contribution in [3.8, 4) is 5.75 Å². The minimum atomic E-state index is -0.653. The summed E-state index contributed by atoms with van der Waals surface area (Å²) in [5.41, 5.74) is 6.02. The molecule has 118 valence electrons. The molecule has 0 saturated heterocycles.